The maximum Gasteiger partial charge on any atom is 0.249 e. The van der Waals surface area contributed by atoms with Gasteiger partial charge in [-0.25, -0.2) is 13.4 Å². The summed E-state index contributed by atoms with van der Waals surface area (Å²) in [5.41, 5.74) is 3.26. The molecule has 0 aliphatic carbocycles. The molecule has 0 saturated carbocycles. The van der Waals surface area contributed by atoms with E-state index in [9.17, 15) is 13.2 Å². The Kier molecular flexibility index (Phi) is 4.26. The third kappa shape index (κ3) is 3.02. The van der Waals surface area contributed by atoms with Crippen molar-refractivity contribution >= 4 is 32.5 Å². The summed E-state index contributed by atoms with van der Waals surface area (Å²) in [4.78, 5) is 19.4. The number of rotatable bonds is 3. The van der Waals surface area contributed by atoms with Crippen LogP contribution < -0.4 is 4.90 Å². The Labute approximate surface area is 158 Å². The van der Waals surface area contributed by atoms with Gasteiger partial charge in [-0.3, -0.25) is 4.79 Å². The molecular formula is C20H21N3O3S. The summed E-state index contributed by atoms with van der Waals surface area (Å²) in [6, 6.07) is 14.4. The summed E-state index contributed by atoms with van der Waals surface area (Å²) in [6.07, 6.45) is 2.95. The Morgan fingerprint density at radius 3 is 2.59 bits per heavy atom. The van der Waals surface area contributed by atoms with Crippen molar-refractivity contribution in [1.29, 1.82) is 0 Å². The molecule has 3 aromatic rings. The number of hydrogen-bond acceptors (Lipinski definition) is 4. The third-order valence-electron chi connectivity index (χ3n) is 5.02. The van der Waals surface area contributed by atoms with E-state index in [4.69, 9.17) is 0 Å². The topological polar surface area (TPSA) is 72.3 Å². The van der Waals surface area contributed by atoms with E-state index in [-0.39, 0.29) is 11.1 Å². The molecule has 7 heteroatoms. The first-order chi connectivity index (χ1) is 12.9. The number of sulfone groups is 1. The molecule has 4 rings (SSSR count). The first-order valence-electron chi connectivity index (χ1n) is 8.94. The van der Waals surface area contributed by atoms with Crippen LogP contribution in [0.1, 0.15) is 24.9 Å². The van der Waals surface area contributed by atoms with Crippen LogP contribution in [0, 0.1) is 0 Å². The number of imidazole rings is 1. The van der Waals surface area contributed by atoms with Gasteiger partial charge in [0, 0.05) is 18.5 Å². The quantitative estimate of drug-likeness (QED) is 0.697. The van der Waals surface area contributed by atoms with Crippen LogP contribution in [0.2, 0.25) is 0 Å². The molecule has 1 amide bonds. The van der Waals surface area contributed by atoms with Gasteiger partial charge in [0.2, 0.25) is 20.9 Å². The smallest absolute Gasteiger partial charge is 0.249 e. The molecule has 140 valence electrons. The monoisotopic (exact) mass is 383 g/mol. The molecule has 0 radical (unpaired) electrons. The lowest BCUT2D eigenvalue weighted by Gasteiger charge is -2.32. The highest BCUT2D eigenvalue weighted by Crippen LogP contribution is 2.31. The molecule has 0 saturated heterocycles. The van der Waals surface area contributed by atoms with Crippen molar-refractivity contribution in [3.63, 3.8) is 0 Å². The number of amides is 1. The number of carbonyl (C=O) groups excluding carboxylic acids is 1. The molecule has 1 aliphatic rings. The van der Waals surface area contributed by atoms with Gasteiger partial charge in [0.25, 0.3) is 0 Å². The maximum atomic E-state index is 13.4. The fraction of sp³-hybridized carbons (Fsp3) is 0.300. The number of benzene rings is 2. The number of aromatic nitrogens is 2. The normalized spacial score (nSPS) is 15.6. The average Bonchev–Trinajstić information content (AvgIpc) is 3.06. The van der Waals surface area contributed by atoms with Crippen LogP contribution in [0.5, 0.6) is 0 Å². The molecule has 1 aromatic heterocycles. The summed E-state index contributed by atoms with van der Waals surface area (Å²) < 4.78 is 26.2. The molecular weight excluding hydrogens is 362 g/mol. The lowest BCUT2D eigenvalue weighted by Crippen LogP contribution is -2.40. The zero-order chi connectivity index (χ0) is 19.2. The predicted molar refractivity (Wildman–Crippen MR) is 105 cm³/mol. The summed E-state index contributed by atoms with van der Waals surface area (Å²) >= 11 is 0. The molecule has 27 heavy (non-hydrogen) atoms. The summed E-state index contributed by atoms with van der Waals surface area (Å²) in [5.74, 6) is -0.129. The zero-order valence-electron chi connectivity index (χ0n) is 15.3. The van der Waals surface area contributed by atoms with Gasteiger partial charge in [0.05, 0.1) is 11.0 Å². The maximum absolute atomic E-state index is 13.4. The van der Waals surface area contributed by atoms with Crippen LogP contribution in [0.15, 0.2) is 53.7 Å². The van der Waals surface area contributed by atoms with Crippen molar-refractivity contribution in [3.8, 4) is 0 Å². The minimum Gasteiger partial charge on any atom is -0.310 e. The van der Waals surface area contributed by atoms with E-state index in [0.717, 1.165) is 30.3 Å². The molecule has 0 spiro atoms. The number of aryl methyl sites for hydroxylation is 1. The van der Waals surface area contributed by atoms with E-state index < -0.39 is 15.9 Å². The number of nitrogens with zero attached hydrogens (tertiary/aromatic N) is 3. The van der Waals surface area contributed by atoms with Gasteiger partial charge >= 0.3 is 0 Å². The van der Waals surface area contributed by atoms with Crippen molar-refractivity contribution < 1.29 is 13.2 Å². The van der Waals surface area contributed by atoms with Crippen LogP contribution in [0.4, 0.5) is 5.69 Å². The van der Waals surface area contributed by atoms with Gasteiger partial charge in [-0.2, -0.15) is 0 Å². The lowest BCUT2D eigenvalue weighted by atomic mass is 10.0. The average molecular weight is 383 g/mol. The second-order valence-corrected chi connectivity index (χ2v) is 8.83. The van der Waals surface area contributed by atoms with E-state index >= 15 is 0 Å². The molecule has 2 aromatic carbocycles. The van der Waals surface area contributed by atoms with Gasteiger partial charge in [0.15, 0.2) is 0 Å². The molecule has 1 aliphatic heterocycles. The van der Waals surface area contributed by atoms with Crippen LogP contribution in [-0.4, -0.2) is 36.7 Å². The highest BCUT2D eigenvalue weighted by molar-refractivity contribution is 7.90. The van der Waals surface area contributed by atoms with Crippen LogP contribution >= 0.6 is 0 Å². The largest absolute Gasteiger partial charge is 0.310 e. The number of fused-ring (bicyclic) bond motifs is 2. The molecule has 0 unspecified atom stereocenters. The standard InChI is InChI=1S/C20H21N3O3S/c1-14(19(24)22-13-7-9-15-8-3-5-11-17(15)22)23-18-12-6-4-10-16(18)21-20(23)27(2,25)26/h3-6,8,10-12,14H,7,9,13H2,1-2H3/t14-/m1/s1. The number of carbonyl (C=O) groups is 1. The molecule has 0 bridgehead atoms. The van der Waals surface area contributed by atoms with Crippen molar-refractivity contribution in [2.45, 2.75) is 31.0 Å². The van der Waals surface area contributed by atoms with E-state index in [0.29, 0.717) is 17.6 Å². The minimum atomic E-state index is -3.58. The Bertz CT molecular complexity index is 1130. The Morgan fingerprint density at radius 2 is 1.81 bits per heavy atom. The van der Waals surface area contributed by atoms with Crippen LogP contribution in [0.25, 0.3) is 11.0 Å². The second-order valence-electron chi connectivity index (χ2n) is 6.92. The van der Waals surface area contributed by atoms with Gasteiger partial charge in [0.1, 0.15) is 6.04 Å². The van der Waals surface area contributed by atoms with Gasteiger partial charge in [-0.15, -0.1) is 0 Å². The first-order valence-corrected chi connectivity index (χ1v) is 10.8. The van der Waals surface area contributed by atoms with Gasteiger partial charge in [-0.05, 0) is 43.5 Å². The Morgan fingerprint density at radius 1 is 1.11 bits per heavy atom. The van der Waals surface area contributed by atoms with Crippen molar-refractivity contribution in [2.75, 3.05) is 17.7 Å². The molecule has 6 nitrogen and oxygen atoms in total. The van der Waals surface area contributed by atoms with Crippen molar-refractivity contribution in [1.82, 2.24) is 9.55 Å². The summed E-state index contributed by atoms with van der Waals surface area (Å²) in [5, 5.41) is -0.0742. The minimum absolute atomic E-state index is 0.0742. The lowest BCUT2D eigenvalue weighted by molar-refractivity contribution is -0.121. The van der Waals surface area contributed by atoms with Crippen molar-refractivity contribution in [3.05, 3.63) is 54.1 Å². The van der Waals surface area contributed by atoms with Gasteiger partial charge in [-0.1, -0.05) is 30.3 Å². The predicted octanol–water partition coefficient (Wildman–Crippen LogP) is 2.98. The summed E-state index contributed by atoms with van der Waals surface area (Å²) in [7, 11) is -3.58. The van der Waals surface area contributed by atoms with Gasteiger partial charge < -0.3 is 9.47 Å². The Balaban J connectivity index is 1.82. The van der Waals surface area contributed by atoms with Crippen molar-refractivity contribution in [2.24, 2.45) is 0 Å². The molecule has 0 fully saturated rings. The fourth-order valence-electron chi connectivity index (χ4n) is 3.76. The zero-order valence-corrected chi connectivity index (χ0v) is 16.1. The molecule has 1 atom stereocenters. The highest BCUT2D eigenvalue weighted by Gasteiger charge is 2.31. The molecule has 2 heterocycles. The first kappa shape index (κ1) is 17.7. The fourth-order valence-corrected chi connectivity index (χ4v) is 4.63. The van der Waals surface area contributed by atoms with Crippen LogP contribution in [-0.2, 0) is 21.1 Å². The van der Waals surface area contributed by atoms with E-state index in [1.54, 1.807) is 34.6 Å². The molecule has 0 N–H and O–H groups in total. The van der Waals surface area contributed by atoms with E-state index in [1.165, 1.54) is 0 Å². The number of anilines is 1. The third-order valence-corrected chi connectivity index (χ3v) is 5.97. The Hall–Kier alpha value is -2.67. The highest BCUT2D eigenvalue weighted by atomic mass is 32.2. The van der Waals surface area contributed by atoms with E-state index in [1.807, 2.05) is 30.3 Å². The SMILES string of the molecule is C[C@H](C(=O)N1CCCc2ccccc21)n1c(S(C)(=O)=O)nc2ccccc21. The number of para-hydroxylation sites is 3. The summed E-state index contributed by atoms with van der Waals surface area (Å²) in [6.45, 7) is 2.36. The number of hydrogen-bond donors (Lipinski definition) is 0. The van der Waals surface area contributed by atoms with Crippen LogP contribution in [0.3, 0.4) is 0 Å². The van der Waals surface area contributed by atoms with E-state index in [2.05, 4.69) is 4.98 Å². The second kappa shape index (κ2) is 6.49.